The number of benzene rings is 1. The third kappa shape index (κ3) is 1.88. The summed E-state index contributed by atoms with van der Waals surface area (Å²) in [7, 11) is 0. The maximum atomic E-state index is 10.3. The van der Waals surface area contributed by atoms with Gasteiger partial charge in [0.25, 0.3) is 0 Å². The van der Waals surface area contributed by atoms with E-state index in [2.05, 4.69) is 4.98 Å². The maximum Gasteiger partial charge on any atom is 0.193 e. The van der Waals surface area contributed by atoms with E-state index in [-0.39, 0.29) is 5.22 Å². The van der Waals surface area contributed by atoms with E-state index in [1.807, 2.05) is 24.3 Å². The van der Waals surface area contributed by atoms with Crippen LogP contribution in [0.4, 0.5) is 0 Å². The minimum atomic E-state index is -0.865. The van der Waals surface area contributed by atoms with Gasteiger partial charge in [-0.05, 0) is 29.1 Å². The number of pyridine rings is 1. The smallest absolute Gasteiger partial charge is 0.193 e. The minimum absolute atomic E-state index is 0.261. The second-order valence-corrected chi connectivity index (χ2v) is 4.37. The van der Waals surface area contributed by atoms with Gasteiger partial charge in [0.1, 0.15) is 11.9 Å². The van der Waals surface area contributed by atoms with Crippen LogP contribution in [-0.4, -0.2) is 10.1 Å². The number of hydrogen-bond donors (Lipinski definition) is 1. The lowest BCUT2D eigenvalue weighted by Crippen LogP contribution is -1.99. The lowest BCUT2D eigenvalue weighted by Gasteiger charge is -2.10. The standard InChI is InChI=1S/C14H10ClNO2/c15-13-6-5-12(18-13)14(17)11-8-16-7-9-3-1-2-4-10(9)11/h1-8,14,17H. The number of rotatable bonds is 2. The minimum Gasteiger partial charge on any atom is -0.447 e. The summed E-state index contributed by atoms with van der Waals surface area (Å²) < 4.78 is 5.24. The SMILES string of the molecule is OC(c1ccc(Cl)o1)c1cncc2ccccc12. The zero-order chi connectivity index (χ0) is 12.5. The van der Waals surface area contributed by atoms with Crippen molar-refractivity contribution >= 4 is 22.4 Å². The quantitative estimate of drug-likeness (QED) is 0.765. The van der Waals surface area contributed by atoms with Crippen LogP contribution in [0, 0.1) is 0 Å². The number of halogens is 1. The van der Waals surface area contributed by atoms with Crippen molar-refractivity contribution in [3.05, 3.63) is 65.3 Å². The van der Waals surface area contributed by atoms with Crippen molar-refractivity contribution in [3.63, 3.8) is 0 Å². The van der Waals surface area contributed by atoms with Crippen LogP contribution in [0.1, 0.15) is 17.4 Å². The Labute approximate surface area is 109 Å². The molecule has 0 bridgehead atoms. The molecule has 2 aromatic heterocycles. The van der Waals surface area contributed by atoms with E-state index in [1.165, 1.54) is 0 Å². The molecule has 0 aliphatic rings. The fourth-order valence-electron chi connectivity index (χ4n) is 1.99. The zero-order valence-electron chi connectivity index (χ0n) is 9.38. The summed E-state index contributed by atoms with van der Waals surface area (Å²) in [4.78, 5) is 4.13. The maximum absolute atomic E-state index is 10.3. The Morgan fingerprint density at radius 2 is 1.94 bits per heavy atom. The first-order valence-corrected chi connectivity index (χ1v) is 5.89. The highest BCUT2D eigenvalue weighted by Crippen LogP contribution is 2.29. The fraction of sp³-hybridized carbons (Fsp3) is 0.0714. The predicted molar refractivity (Wildman–Crippen MR) is 69.5 cm³/mol. The number of hydrogen-bond acceptors (Lipinski definition) is 3. The van der Waals surface area contributed by atoms with Gasteiger partial charge in [0.2, 0.25) is 0 Å². The number of aliphatic hydroxyl groups is 1. The molecular weight excluding hydrogens is 250 g/mol. The molecule has 1 atom stereocenters. The second-order valence-electron chi connectivity index (χ2n) is 3.99. The van der Waals surface area contributed by atoms with Gasteiger partial charge < -0.3 is 9.52 Å². The van der Waals surface area contributed by atoms with E-state index in [0.717, 1.165) is 10.8 Å². The molecular formula is C14H10ClNO2. The molecule has 1 N–H and O–H groups in total. The Morgan fingerprint density at radius 1 is 1.11 bits per heavy atom. The highest BCUT2D eigenvalue weighted by Gasteiger charge is 2.17. The van der Waals surface area contributed by atoms with Crippen LogP contribution in [0.25, 0.3) is 10.8 Å². The highest BCUT2D eigenvalue weighted by atomic mass is 35.5. The molecule has 3 rings (SSSR count). The summed E-state index contributed by atoms with van der Waals surface area (Å²) in [5.41, 5.74) is 0.708. The molecule has 0 aliphatic heterocycles. The number of furan rings is 1. The van der Waals surface area contributed by atoms with Crippen LogP contribution in [-0.2, 0) is 0 Å². The van der Waals surface area contributed by atoms with Crippen LogP contribution < -0.4 is 0 Å². The number of aromatic nitrogens is 1. The largest absolute Gasteiger partial charge is 0.447 e. The summed E-state index contributed by atoms with van der Waals surface area (Å²) in [5, 5.41) is 12.5. The monoisotopic (exact) mass is 259 g/mol. The molecule has 1 unspecified atom stereocenters. The van der Waals surface area contributed by atoms with Gasteiger partial charge in [0.05, 0.1) is 0 Å². The normalized spacial score (nSPS) is 12.8. The van der Waals surface area contributed by atoms with Crippen molar-refractivity contribution in [2.75, 3.05) is 0 Å². The molecule has 18 heavy (non-hydrogen) atoms. The molecule has 3 nitrogen and oxygen atoms in total. The number of nitrogens with zero attached hydrogens (tertiary/aromatic N) is 1. The van der Waals surface area contributed by atoms with Crippen molar-refractivity contribution in [2.24, 2.45) is 0 Å². The van der Waals surface area contributed by atoms with Gasteiger partial charge >= 0.3 is 0 Å². The van der Waals surface area contributed by atoms with Crippen molar-refractivity contribution in [1.29, 1.82) is 0 Å². The van der Waals surface area contributed by atoms with Gasteiger partial charge in [-0.3, -0.25) is 4.98 Å². The van der Waals surface area contributed by atoms with Crippen molar-refractivity contribution in [3.8, 4) is 0 Å². The van der Waals surface area contributed by atoms with Crippen LogP contribution in [0.3, 0.4) is 0 Å². The molecule has 0 amide bonds. The summed E-state index contributed by atoms with van der Waals surface area (Å²) in [6.45, 7) is 0. The first-order chi connectivity index (χ1) is 8.75. The van der Waals surface area contributed by atoms with Gasteiger partial charge in [0.15, 0.2) is 5.22 Å². The van der Waals surface area contributed by atoms with E-state index in [4.69, 9.17) is 16.0 Å². The molecule has 2 heterocycles. The van der Waals surface area contributed by atoms with E-state index in [9.17, 15) is 5.11 Å². The first kappa shape index (κ1) is 11.3. The van der Waals surface area contributed by atoms with Crippen LogP contribution >= 0.6 is 11.6 Å². The van der Waals surface area contributed by atoms with Crippen LogP contribution in [0.15, 0.2) is 53.2 Å². The first-order valence-electron chi connectivity index (χ1n) is 5.51. The number of aliphatic hydroxyl groups excluding tert-OH is 1. The molecule has 3 aromatic rings. The van der Waals surface area contributed by atoms with Crippen molar-refractivity contribution < 1.29 is 9.52 Å². The second kappa shape index (κ2) is 4.44. The average molecular weight is 260 g/mol. The van der Waals surface area contributed by atoms with Crippen molar-refractivity contribution in [1.82, 2.24) is 4.98 Å². The molecule has 0 saturated heterocycles. The van der Waals surface area contributed by atoms with Crippen LogP contribution in [0.2, 0.25) is 5.22 Å². The highest BCUT2D eigenvalue weighted by molar-refractivity contribution is 6.28. The topological polar surface area (TPSA) is 46.3 Å². The van der Waals surface area contributed by atoms with E-state index in [1.54, 1.807) is 24.5 Å². The Morgan fingerprint density at radius 3 is 2.72 bits per heavy atom. The van der Waals surface area contributed by atoms with Gasteiger partial charge in [-0.1, -0.05) is 24.3 Å². The molecule has 0 radical (unpaired) electrons. The molecule has 0 aliphatic carbocycles. The molecule has 1 aromatic carbocycles. The summed E-state index contributed by atoms with van der Waals surface area (Å²) >= 11 is 5.72. The van der Waals surface area contributed by atoms with Gasteiger partial charge in [-0.2, -0.15) is 0 Å². The Balaban J connectivity index is 2.14. The Bertz CT molecular complexity index is 688. The van der Waals surface area contributed by atoms with E-state index in [0.29, 0.717) is 11.3 Å². The predicted octanol–water partition coefficient (Wildman–Crippen LogP) is 3.56. The summed E-state index contributed by atoms with van der Waals surface area (Å²) in [6.07, 6.45) is 2.54. The average Bonchev–Trinajstić information content (AvgIpc) is 2.84. The van der Waals surface area contributed by atoms with Crippen LogP contribution in [0.5, 0.6) is 0 Å². The summed E-state index contributed by atoms with van der Waals surface area (Å²) in [6, 6.07) is 11.0. The summed E-state index contributed by atoms with van der Waals surface area (Å²) in [5.74, 6) is 0.415. The zero-order valence-corrected chi connectivity index (χ0v) is 10.1. The molecule has 0 fully saturated rings. The molecule has 0 spiro atoms. The molecule has 4 heteroatoms. The van der Waals surface area contributed by atoms with Crippen molar-refractivity contribution in [2.45, 2.75) is 6.10 Å². The number of fused-ring (bicyclic) bond motifs is 1. The Hall–Kier alpha value is -1.84. The van der Waals surface area contributed by atoms with Gasteiger partial charge in [0, 0.05) is 23.3 Å². The van der Waals surface area contributed by atoms with E-state index < -0.39 is 6.10 Å². The molecule has 0 saturated carbocycles. The lowest BCUT2D eigenvalue weighted by molar-refractivity contribution is 0.190. The Kier molecular flexibility index (Phi) is 2.78. The molecule has 90 valence electrons. The van der Waals surface area contributed by atoms with E-state index >= 15 is 0 Å². The fourth-order valence-corrected chi connectivity index (χ4v) is 2.14. The third-order valence-electron chi connectivity index (χ3n) is 2.86. The van der Waals surface area contributed by atoms with Gasteiger partial charge in [-0.15, -0.1) is 0 Å². The third-order valence-corrected chi connectivity index (χ3v) is 3.06. The van der Waals surface area contributed by atoms with Gasteiger partial charge in [-0.25, -0.2) is 0 Å². The lowest BCUT2D eigenvalue weighted by atomic mass is 10.0.